The Bertz CT molecular complexity index is 883. The topological polar surface area (TPSA) is 74.1 Å². The Balaban J connectivity index is 1.34. The summed E-state index contributed by atoms with van der Waals surface area (Å²) >= 11 is 0. The van der Waals surface area contributed by atoms with Gasteiger partial charge in [-0.25, -0.2) is 0 Å². The number of aryl methyl sites for hydroxylation is 1. The number of carbonyl (C=O) groups excluding carboxylic acids is 3. The fourth-order valence-electron chi connectivity index (χ4n) is 3.98. The van der Waals surface area contributed by atoms with Crippen LogP contribution in [0.4, 0.5) is 5.69 Å². The third-order valence-corrected chi connectivity index (χ3v) is 5.74. The van der Waals surface area contributed by atoms with Crippen LogP contribution < -0.4 is 4.90 Å². The van der Waals surface area contributed by atoms with E-state index in [0.29, 0.717) is 38.5 Å². The van der Waals surface area contributed by atoms with Crippen molar-refractivity contribution < 1.29 is 18.8 Å². The van der Waals surface area contributed by atoms with Gasteiger partial charge in [0.1, 0.15) is 0 Å². The predicted octanol–water partition coefficient (Wildman–Crippen LogP) is 2.18. The minimum absolute atomic E-state index is 0.00359. The van der Waals surface area contributed by atoms with E-state index in [2.05, 4.69) is 6.92 Å². The molecule has 3 heterocycles. The standard InChI is InChI=1S/C22H25N3O4/c1-2-16-5-7-18(8-6-16)25-15-17(14-20(25)26)21(27)23-9-11-24(12-10-23)22(28)19-4-3-13-29-19/h3-8,13,17H,2,9-12,14-15H2,1H3/t17-/m1/s1. The molecule has 0 aliphatic carbocycles. The molecule has 0 unspecified atom stereocenters. The Morgan fingerprint density at radius 2 is 1.72 bits per heavy atom. The first-order valence-corrected chi connectivity index (χ1v) is 10.1. The molecule has 7 heteroatoms. The first-order chi connectivity index (χ1) is 14.1. The quantitative estimate of drug-likeness (QED) is 0.795. The second-order valence-corrected chi connectivity index (χ2v) is 7.52. The molecular weight excluding hydrogens is 370 g/mol. The lowest BCUT2D eigenvalue weighted by molar-refractivity contribution is -0.137. The monoisotopic (exact) mass is 395 g/mol. The normalized spacial score (nSPS) is 19.7. The molecule has 1 atom stereocenters. The van der Waals surface area contributed by atoms with Crippen molar-refractivity contribution in [3.05, 3.63) is 54.0 Å². The maximum Gasteiger partial charge on any atom is 0.289 e. The molecule has 0 spiro atoms. The van der Waals surface area contributed by atoms with Gasteiger partial charge in [-0.2, -0.15) is 0 Å². The number of piperazine rings is 1. The number of carbonyl (C=O) groups is 3. The van der Waals surface area contributed by atoms with Crippen molar-refractivity contribution in [2.45, 2.75) is 19.8 Å². The van der Waals surface area contributed by atoms with Crippen LogP contribution >= 0.6 is 0 Å². The van der Waals surface area contributed by atoms with E-state index in [1.165, 1.54) is 11.8 Å². The third-order valence-electron chi connectivity index (χ3n) is 5.74. The number of hydrogen-bond acceptors (Lipinski definition) is 4. The summed E-state index contributed by atoms with van der Waals surface area (Å²) < 4.78 is 5.17. The molecule has 4 rings (SSSR count). The Kier molecular flexibility index (Phi) is 5.38. The highest BCUT2D eigenvalue weighted by Gasteiger charge is 2.38. The average molecular weight is 395 g/mol. The summed E-state index contributed by atoms with van der Waals surface area (Å²) in [6, 6.07) is 11.3. The van der Waals surface area contributed by atoms with E-state index in [1.807, 2.05) is 24.3 Å². The largest absolute Gasteiger partial charge is 0.459 e. The fourth-order valence-corrected chi connectivity index (χ4v) is 3.98. The zero-order valence-corrected chi connectivity index (χ0v) is 16.5. The van der Waals surface area contributed by atoms with Gasteiger partial charge in [0.25, 0.3) is 5.91 Å². The van der Waals surface area contributed by atoms with Gasteiger partial charge >= 0.3 is 0 Å². The number of amides is 3. The Morgan fingerprint density at radius 3 is 2.34 bits per heavy atom. The van der Waals surface area contributed by atoms with E-state index in [1.54, 1.807) is 26.8 Å². The Labute approximate surface area is 169 Å². The van der Waals surface area contributed by atoms with Gasteiger partial charge in [-0.05, 0) is 36.2 Å². The van der Waals surface area contributed by atoms with Crippen molar-refractivity contribution in [3.63, 3.8) is 0 Å². The molecule has 29 heavy (non-hydrogen) atoms. The van der Waals surface area contributed by atoms with E-state index in [0.717, 1.165) is 12.1 Å². The second kappa shape index (κ2) is 8.11. The molecule has 2 aliphatic heterocycles. The molecule has 152 valence electrons. The molecule has 0 saturated carbocycles. The van der Waals surface area contributed by atoms with Gasteiger partial charge in [0, 0.05) is 44.8 Å². The fraction of sp³-hybridized carbons (Fsp3) is 0.409. The molecule has 2 saturated heterocycles. The number of benzene rings is 1. The SMILES string of the molecule is CCc1ccc(N2C[C@H](C(=O)N3CCN(C(=O)c4ccco4)CC3)CC2=O)cc1. The summed E-state index contributed by atoms with van der Waals surface area (Å²) in [5, 5.41) is 0. The minimum Gasteiger partial charge on any atom is -0.459 e. The van der Waals surface area contributed by atoms with Crippen molar-refractivity contribution in [1.82, 2.24) is 9.80 Å². The van der Waals surface area contributed by atoms with Gasteiger partial charge in [-0.3, -0.25) is 14.4 Å². The lowest BCUT2D eigenvalue weighted by atomic mass is 10.1. The number of nitrogens with zero attached hydrogens (tertiary/aromatic N) is 3. The average Bonchev–Trinajstić information content (AvgIpc) is 3.43. The summed E-state index contributed by atoms with van der Waals surface area (Å²) in [5.74, 6) is -0.188. The molecule has 3 amide bonds. The van der Waals surface area contributed by atoms with Crippen LogP contribution in [0, 0.1) is 5.92 Å². The van der Waals surface area contributed by atoms with Crippen LogP contribution in [-0.4, -0.2) is 60.2 Å². The smallest absolute Gasteiger partial charge is 0.289 e. The van der Waals surface area contributed by atoms with Crippen molar-refractivity contribution >= 4 is 23.4 Å². The molecule has 2 aliphatic rings. The van der Waals surface area contributed by atoms with Crippen LogP contribution in [0.2, 0.25) is 0 Å². The van der Waals surface area contributed by atoms with E-state index in [9.17, 15) is 14.4 Å². The maximum absolute atomic E-state index is 13.0. The summed E-state index contributed by atoms with van der Waals surface area (Å²) in [6.45, 7) is 4.38. The highest BCUT2D eigenvalue weighted by atomic mass is 16.3. The lowest BCUT2D eigenvalue weighted by Crippen LogP contribution is -2.52. The predicted molar refractivity (Wildman–Crippen MR) is 107 cm³/mol. The Hall–Kier alpha value is -3.09. The van der Waals surface area contributed by atoms with E-state index < -0.39 is 0 Å². The molecule has 2 aromatic rings. The number of rotatable bonds is 4. The molecule has 1 aromatic carbocycles. The van der Waals surface area contributed by atoms with Gasteiger partial charge in [0.15, 0.2) is 5.76 Å². The zero-order valence-electron chi connectivity index (χ0n) is 16.5. The molecule has 0 bridgehead atoms. The highest BCUT2D eigenvalue weighted by Crippen LogP contribution is 2.27. The van der Waals surface area contributed by atoms with E-state index in [-0.39, 0.29) is 30.1 Å². The van der Waals surface area contributed by atoms with Crippen molar-refractivity contribution in [1.29, 1.82) is 0 Å². The van der Waals surface area contributed by atoms with Gasteiger partial charge in [-0.15, -0.1) is 0 Å². The first kappa shape index (κ1) is 19.2. The molecule has 0 radical (unpaired) electrons. The highest BCUT2D eigenvalue weighted by molar-refractivity contribution is 6.00. The molecule has 7 nitrogen and oxygen atoms in total. The van der Waals surface area contributed by atoms with Crippen LogP contribution in [0.25, 0.3) is 0 Å². The van der Waals surface area contributed by atoms with Crippen molar-refractivity contribution in [2.75, 3.05) is 37.6 Å². The van der Waals surface area contributed by atoms with Gasteiger partial charge in [0.2, 0.25) is 11.8 Å². The first-order valence-electron chi connectivity index (χ1n) is 10.1. The molecule has 1 aromatic heterocycles. The summed E-state index contributed by atoms with van der Waals surface area (Å²) in [6.07, 6.45) is 2.66. The van der Waals surface area contributed by atoms with Crippen molar-refractivity contribution in [3.8, 4) is 0 Å². The second-order valence-electron chi connectivity index (χ2n) is 7.52. The molecular formula is C22H25N3O4. The minimum atomic E-state index is -0.333. The van der Waals surface area contributed by atoms with Crippen LogP contribution in [-0.2, 0) is 16.0 Å². The van der Waals surface area contributed by atoms with Gasteiger partial charge in [-0.1, -0.05) is 19.1 Å². The van der Waals surface area contributed by atoms with Gasteiger partial charge in [0.05, 0.1) is 12.2 Å². The number of furan rings is 1. The third kappa shape index (κ3) is 3.90. The summed E-state index contributed by atoms with van der Waals surface area (Å²) in [4.78, 5) is 43.0. The Morgan fingerprint density at radius 1 is 1.03 bits per heavy atom. The van der Waals surface area contributed by atoms with Crippen LogP contribution in [0.1, 0.15) is 29.5 Å². The van der Waals surface area contributed by atoms with E-state index in [4.69, 9.17) is 4.42 Å². The molecule has 0 N–H and O–H groups in total. The maximum atomic E-state index is 13.0. The lowest BCUT2D eigenvalue weighted by Gasteiger charge is -2.35. The summed E-state index contributed by atoms with van der Waals surface area (Å²) in [7, 11) is 0. The molecule has 2 fully saturated rings. The zero-order chi connectivity index (χ0) is 20.4. The van der Waals surface area contributed by atoms with E-state index >= 15 is 0 Å². The van der Waals surface area contributed by atoms with Crippen LogP contribution in [0.5, 0.6) is 0 Å². The summed E-state index contributed by atoms with van der Waals surface area (Å²) in [5.41, 5.74) is 2.06. The van der Waals surface area contributed by atoms with Gasteiger partial charge < -0.3 is 19.1 Å². The number of anilines is 1. The van der Waals surface area contributed by atoms with Crippen LogP contribution in [0.15, 0.2) is 47.1 Å². The number of hydrogen-bond donors (Lipinski definition) is 0. The van der Waals surface area contributed by atoms with Crippen LogP contribution in [0.3, 0.4) is 0 Å². The van der Waals surface area contributed by atoms with Crippen molar-refractivity contribution in [2.24, 2.45) is 5.92 Å².